The number of hydrogen-bond donors (Lipinski definition) is 1. The minimum atomic E-state index is -0.600. The van der Waals surface area contributed by atoms with Gasteiger partial charge >= 0.3 is 5.97 Å². The Bertz CT molecular complexity index is 896. The first kappa shape index (κ1) is 19.2. The molecule has 1 N–H and O–H groups in total. The molecule has 1 unspecified atom stereocenters. The van der Waals surface area contributed by atoms with Crippen molar-refractivity contribution in [2.24, 2.45) is 0 Å². The molecule has 0 spiro atoms. The number of amides is 1. The Morgan fingerprint density at radius 3 is 2.74 bits per heavy atom. The predicted molar refractivity (Wildman–Crippen MR) is 102 cm³/mol. The molecule has 0 bridgehead atoms. The molecular weight excluding hydrogens is 366 g/mol. The van der Waals surface area contributed by atoms with E-state index in [0.717, 1.165) is 11.3 Å². The number of ether oxygens (including phenoxy) is 1. The van der Waals surface area contributed by atoms with Crippen LogP contribution < -0.4 is 10.9 Å². The number of nitrogens with one attached hydrogen (secondary N) is 1. The molecule has 2 heterocycles. The fourth-order valence-corrected chi connectivity index (χ4v) is 3.74. The van der Waals surface area contributed by atoms with Crippen LogP contribution in [-0.2, 0) is 16.1 Å². The zero-order chi connectivity index (χ0) is 19.4. The number of fused-ring (bicyclic) bond motifs is 1. The summed E-state index contributed by atoms with van der Waals surface area (Å²) in [6.07, 6.45) is 1.03. The second-order valence-electron chi connectivity index (χ2n) is 6.44. The Morgan fingerprint density at radius 2 is 2.04 bits per heavy atom. The molecule has 0 aliphatic carbocycles. The number of carbonyl (C=O) groups is 2. The van der Waals surface area contributed by atoms with Gasteiger partial charge in [0, 0.05) is 18.5 Å². The molecule has 0 saturated heterocycles. The third-order valence-electron chi connectivity index (χ3n) is 4.05. The monoisotopic (exact) mass is 387 g/mol. The second kappa shape index (κ2) is 8.39. The quantitative estimate of drug-likeness (QED) is 0.603. The Kier molecular flexibility index (Phi) is 5.95. The highest BCUT2D eigenvalue weighted by Gasteiger charge is 2.24. The molecule has 8 heteroatoms. The van der Waals surface area contributed by atoms with E-state index in [-0.39, 0.29) is 23.6 Å². The van der Waals surface area contributed by atoms with Gasteiger partial charge in [0.05, 0.1) is 18.6 Å². The van der Waals surface area contributed by atoms with Gasteiger partial charge in [0.25, 0.3) is 11.5 Å². The summed E-state index contributed by atoms with van der Waals surface area (Å²) in [5.74, 6) is -0.202. The average Bonchev–Trinajstić information content (AvgIpc) is 3.11. The smallest absolute Gasteiger partial charge is 0.308 e. The van der Waals surface area contributed by atoms with Crippen LogP contribution in [0.25, 0.3) is 0 Å². The molecule has 142 valence electrons. The van der Waals surface area contributed by atoms with Crippen molar-refractivity contribution >= 4 is 23.6 Å². The number of esters is 1. The van der Waals surface area contributed by atoms with Gasteiger partial charge in [-0.3, -0.25) is 19.0 Å². The number of hydrogen-bond acceptors (Lipinski definition) is 6. The van der Waals surface area contributed by atoms with E-state index in [1.165, 1.54) is 22.5 Å². The van der Waals surface area contributed by atoms with Gasteiger partial charge in [0.15, 0.2) is 5.16 Å². The summed E-state index contributed by atoms with van der Waals surface area (Å²) >= 11 is 1.49. The third kappa shape index (κ3) is 4.57. The minimum Gasteiger partial charge on any atom is -0.463 e. The summed E-state index contributed by atoms with van der Waals surface area (Å²) in [5.41, 5.74) is 0.370. The van der Waals surface area contributed by atoms with E-state index in [4.69, 9.17) is 4.74 Å². The molecule has 0 fully saturated rings. The van der Waals surface area contributed by atoms with E-state index in [1.54, 1.807) is 13.8 Å². The lowest BCUT2D eigenvalue weighted by atomic mass is 10.0. The molecule has 0 radical (unpaired) electrons. The van der Waals surface area contributed by atoms with Crippen LogP contribution in [0.1, 0.15) is 42.2 Å². The average molecular weight is 387 g/mol. The van der Waals surface area contributed by atoms with Crippen molar-refractivity contribution in [2.45, 2.75) is 44.1 Å². The highest BCUT2D eigenvalue weighted by Crippen LogP contribution is 2.21. The Labute approximate surface area is 161 Å². The molecule has 2 aromatic rings. The number of carbonyl (C=O) groups excluding carboxylic acids is 2. The molecule has 1 amide bonds. The van der Waals surface area contributed by atoms with Crippen molar-refractivity contribution in [3.05, 3.63) is 58.0 Å². The predicted octanol–water partition coefficient (Wildman–Crippen LogP) is 2.16. The molecule has 7 nitrogen and oxygen atoms in total. The van der Waals surface area contributed by atoms with Crippen molar-refractivity contribution in [1.82, 2.24) is 14.9 Å². The van der Waals surface area contributed by atoms with Gasteiger partial charge in [-0.05, 0) is 19.4 Å². The molecule has 1 aliphatic rings. The maximum absolute atomic E-state index is 12.7. The van der Waals surface area contributed by atoms with Gasteiger partial charge in [0.1, 0.15) is 5.56 Å². The number of thioether (sulfide) groups is 1. The van der Waals surface area contributed by atoms with Crippen molar-refractivity contribution in [3.8, 4) is 0 Å². The Hall–Kier alpha value is -2.61. The maximum atomic E-state index is 12.7. The molecule has 1 aromatic carbocycles. The van der Waals surface area contributed by atoms with Gasteiger partial charge < -0.3 is 10.1 Å². The van der Waals surface area contributed by atoms with Crippen molar-refractivity contribution in [2.75, 3.05) is 5.75 Å². The van der Waals surface area contributed by atoms with Gasteiger partial charge in [-0.15, -0.1) is 0 Å². The van der Waals surface area contributed by atoms with Crippen LogP contribution in [0.3, 0.4) is 0 Å². The first-order valence-corrected chi connectivity index (χ1v) is 9.72. The molecule has 3 rings (SSSR count). The topological polar surface area (TPSA) is 90.3 Å². The summed E-state index contributed by atoms with van der Waals surface area (Å²) in [7, 11) is 0. The molecular formula is C19H21N3O4S. The number of aromatic nitrogens is 2. The first-order valence-electron chi connectivity index (χ1n) is 8.73. The van der Waals surface area contributed by atoms with Crippen LogP contribution in [0.15, 0.2) is 46.5 Å². The first-order chi connectivity index (χ1) is 13.0. The summed E-state index contributed by atoms with van der Waals surface area (Å²) in [5, 5.41) is 3.41. The van der Waals surface area contributed by atoms with Gasteiger partial charge in [-0.2, -0.15) is 0 Å². The lowest BCUT2D eigenvalue weighted by Crippen LogP contribution is -2.36. The van der Waals surface area contributed by atoms with E-state index < -0.39 is 17.9 Å². The number of benzene rings is 1. The molecule has 0 saturated carbocycles. The zero-order valence-electron chi connectivity index (χ0n) is 15.2. The van der Waals surface area contributed by atoms with Gasteiger partial charge in [-0.1, -0.05) is 42.1 Å². The normalized spacial score (nSPS) is 13.9. The van der Waals surface area contributed by atoms with E-state index >= 15 is 0 Å². The lowest BCUT2D eigenvalue weighted by Gasteiger charge is -2.19. The van der Waals surface area contributed by atoms with Crippen LogP contribution in [-0.4, -0.2) is 33.3 Å². The van der Waals surface area contributed by atoms with Crippen molar-refractivity contribution in [3.63, 3.8) is 0 Å². The Morgan fingerprint density at radius 1 is 1.30 bits per heavy atom. The third-order valence-corrected chi connectivity index (χ3v) is 5.02. The van der Waals surface area contributed by atoms with Gasteiger partial charge in [0.2, 0.25) is 0 Å². The number of rotatable bonds is 6. The molecule has 1 aliphatic heterocycles. The fourth-order valence-electron chi connectivity index (χ4n) is 2.82. The van der Waals surface area contributed by atoms with Crippen LogP contribution in [0.4, 0.5) is 0 Å². The van der Waals surface area contributed by atoms with E-state index in [1.807, 2.05) is 30.3 Å². The fraction of sp³-hybridized carbons (Fsp3) is 0.368. The SMILES string of the molecule is CC(C)OC(=O)CC(NC(=O)c1cnc2n(c1=O)CCS2)c1ccccc1. The second-order valence-corrected chi connectivity index (χ2v) is 7.50. The highest BCUT2D eigenvalue weighted by atomic mass is 32.2. The summed E-state index contributed by atoms with van der Waals surface area (Å²) in [6, 6.07) is 8.53. The summed E-state index contributed by atoms with van der Waals surface area (Å²) < 4.78 is 6.71. The summed E-state index contributed by atoms with van der Waals surface area (Å²) in [4.78, 5) is 41.6. The Balaban J connectivity index is 1.82. The minimum absolute atomic E-state index is 0.0243. The standard InChI is InChI=1S/C19H21N3O4S/c1-12(2)26-16(23)10-15(13-6-4-3-5-7-13)21-17(24)14-11-20-19-22(18(14)25)8-9-27-19/h3-7,11-12,15H,8-10H2,1-2H3,(H,21,24). The molecule has 1 atom stereocenters. The number of nitrogens with zero attached hydrogens (tertiary/aromatic N) is 2. The van der Waals surface area contributed by atoms with Crippen LogP contribution >= 0.6 is 11.8 Å². The van der Waals surface area contributed by atoms with Crippen LogP contribution in [0.2, 0.25) is 0 Å². The maximum Gasteiger partial charge on any atom is 0.308 e. The van der Waals surface area contributed by atoms with Gasteiger partial charge in [-0.25, -0.2) is 4.98 Å². The van der Waals surface area contributed by atoms with E-state index in [9.17, 15) is 14.4 Å². The summed E-state index contributed by atoms with van der Waals surface area (Å²) in [6.45, 7) is 4.07. The van der Waals surface area contributed by atoms with Crippen molar-refractivity contribution < 1.29 is 14.3 Å². The lowest BCUT2D eigenvalue weighted by molar-refractivity contribution is -0.147. The largest absolute Gasteiger partial charge is 0.463 e. The van der Waals surface area contributed by atoms with E-state index in [2.05, 4.69) is 10.3 Å². The molecule has 27 heavy (non-hydrogen) atoms. The zero-order valence-corrected chi connectivity index (χ0v) is 16.0. The van der Waals surface area contributed by atoms with Crippen LogP contribution in [0.5, 0.6) is 0 Å². The van der Waals surface area contributed by atoms with E-state index in [0.29, 0.717) is 11.7 Å². The highest BCUT2D eigenvalue weighted by molar-refractivity contribution is 7.99. The van der Waals surface area contributed by atoms with Crippen LogP contribution in [0, 0.1) is 0 Å². The molecule has 1 aromatic heterocycles. The van der Waals surface area contributed by atoms with Crippen molar-refractivity contribution in [1.29, 1.82) is 0 Å².